The first kappa shape index (κ1) is 21.8. The monoisotopic (exact) mass is 387 g/mol. The number of aliphatic imine (C=N–C) groups is 1. The van der Waals surface area contributed by atoms with Gasteiger partial charge >= 0.3 is 0 Å². The molecule has 2 aromatic rings. The molecule has 0 spiro atoms. The normalized spacial score (nSPS) is 13.9. The summed E-state index contributed by atoms with van der Waals surface area (Å²) in [5.41, 5.74) is 0.982. The molecule has 1 aromatic carbocycles. The van der Waals surface area contributed by atoms with Crippen molar-refractivity contribution >= 4 is 5.96 Å². The Morgan fingerprint density at radius 2 is 1.93 bits per heavy atom. The van der Waals surface area contributed by atoms with Crippen molar-refractivity contribution in [1.82, 2.24) is 10.6 Å². The van der Waals surface area contributed by atoms with Gasteiger partial charge in [0.2, 0.25) is 0 Å². The Hall–Kier alpha value is -2.47. The molecule has 2 rings (SSSR count). The molecule has 0 amide bonds. The van der Waals surface area contributed by atoms with Gasteiger partial charge in [0, 0.05) is 18.7 Å². The molecule has 154 valence electrons. The highest BCUT2D eigenvalue weighted by Gasteiger charge is 2.27. The summed E-state index contributed by atoms with van der Waals surface area (Å²) in [7, 11) is 1.67. The molecule has 3 N–H and O–H groups in total. The lowest BCUT2D eigenvalue weighted by atomic mass is 9.96. The van der Waals surface area contributed by atoms with Crippen molar-refractivity contribution in [3.05, 3.63) is 53.0 Å². The van der Waals surface area contributed by atoms with E-state index in [9.17, 15) is 5.11 Å². The molecule has 0 aliphatic carbocycles. The average Bonchev–Trinajstić information content (AvgIpc) is 3.02. The fourth-order valence-corrected chi connectivity index (χ4v) is 3.12. The minimum atomic E-state index is -1.08. The first-order valence-electron chi connectivity index (χ1n) is 9.80. The van der Waals surface area contributed by atoms with Gasteiger partial charge in [-0.3, -0.25) is 0 Å². The first-order chi connectivity index (χ1) is 13.4. The second kappa shape index (κ2) is 10.2. The van der Waals surface area contributed by atoms with Crippen LogP contribution in [0.25, 0.3) is 0 Å². The van der Waals surface area contributed by atoms with Crippen molar-refractivity contribution in [1.29, 1.82) is 0 Å². The minimum absolute atomic E-state index is 0.251. The van der Waals surface area contributed by atoms with Crippen LogP contribution in [0.15, 0.2) is 39.7 Å². The molecular weight excluding hydrogens is 354 g/mol. The van der Waals surface area contributed by atoms with Crippen LogP contribution in [0.5, 0.6) is 5.75 Å². The van der Waals surface area contributed by atoms with Crippen molar-refractivity contribution < 1.29 is 14.3 Å². The van der Waals surface area contributed by atoms with Gasteiger partial charge in [-0.2, -0.15) is 0 Å². The highest BCUT2D eigenvalue weighted by Crippen LogP contribution is 2.27. The summed E-state index contributed by atoms with van der Waals surface area (Å²) in [4.78, 5) is 4.57. The van der Waals surface area contributed by atoms with Gasteiger partial charge in [-0.1, -0.05) is 12.1 Å². The molecule has 0 bridgehead atoms. The Kier molecular flexibility index (Phi) is 7.93. The largest absolute Gasteiger partial charge is 0.497 e. The molecule has 28 heavy (non-hydrogen) atoms. The second-order valence-corrected chi connectivity index (χ2v) is 7.17. The van der Waals surface area contributed by atoms with Gasteiger partial charge in [0.25, 0.3) is 0 Å². The van der Waals surface area contributed by atoms with E-state index >= 15 is 0 Å². The topological polar surface area (TPSA) is 79.0 Å². The highest BCUT2D eigenvalue weighted by atomic mass is 16.5. The number of benzene rings is 1. The lowest BCUT2D eigenvalue weighted by molar-refractivity contribution is 0.0657. The van der Waals surface area contributed by atoms with E-state index in [1.54, 1.807) is 14.0 Å². The third kappa shape index (κ3) is 6.30. The molecule has 0 saturated carbocycles. The summed E-state index contributed by atoms with van der Waals surface area (Å²) in [6.45, 7) is 9.34. The quantitative estimate of drug-likeness (QED) is 0.350. The number of nitrogens with zero attached hydrogens (tertiary/aromatic N) is 1. The van der Waals surface area contributed by atoms with Gasteiger partial charge in [0.15, 0.2) is 5.96 Å². The predicted octanol–water partition coefficient (Wildman–Crippen LogP) is 3.30. The highest BCUT2D eigenvalue weighted by molar-refractivity contribution is 5.79. The molecular formula is C22H33N3O3. The van der Waals surface area contributed by atoms with Gasteiger partial charge in [0.1, 0.15) is 22.9 Å². The Balaban J connectivity index is 1.88. The van der Waals surface area contributed by atoms with Crippen LogP contribution in [0.4, 0.5) is 0 Å². The number of hydrogen-bond donors (Lipinski definition) is 3. The Morgan fingerprint density at radius 1 is 1.21 bits per heavy atom. The molecule has 0 fully saturated rings. The van der Waals surface area contributed by atoms with Crippen LogP contribution in [0.1, 0.15) is 42.9 Å². The molecule has 1 unspecified atom stereocenters. The number of furan rings is 1. The molecule has 1 aromatic heterocycles. The van der Waals surface area contributed by atoms with Crippen LogP contribution in [-0.4, -0.2) is 37.8 Å². The van der Waals surface area contributed by atoms with E-state index in [4.69, 9.17) is 9.15 Å². The van der Waals surface area contributed by atoms with Crippen LogP contribution in [0, 0.1) is 13.8 Å². The smallest absolute Gasteiger partial charge is 0.191 e. The Bertz CT molecular complexity index is 764. The predicted molar refractivity (Wildman–Crippen MR) is 113 cm³/mol. The summed E-state index contributed by atoms with van der Waals surface area (Å²) in [5, 5.41) is 17.4. The zero-order chi connectivity index (χ0) is 20.6. The van der Waals surface area contributed by atoms with Crippen molar-refractivity contribution in [2.45, 2.75) is 46.1 Å². The van der Waals surface area contributed by atoms with E-state index in [-0.39, 0.29) is 6.54 Å². The SMILES string of the molecule is CCNC(=NCC(C)(O)c1cc(C)oc1C)NCCCc1ccc(OC)cc1. The summed E-state index contributed by atoms with van der Waals surface area (Å²) in [6, 6.07) is 10.0. The molecule has 1 atom stereocenters. The molecule has 0 aliphatic heterocycles. The van der Waals surface area contributed by atoms with Crippen LogP contribution < -0.4 is 15.4 Å². The number of ether oxygens (including phenoxy) is 1. The van der Waals surface area contributed by atoms with Crippen molar-refractivity contribution in [2.75, 3.05) is 26.7 Å². The Labute approximate surface area is 168 Å². The summed E-state index contributed by atoms with van der Waals surface area (Å²) in [5.74, 6) is 3.10. The van der Waals surface area contributed by atoms with E-state index in [1.165, 1.54) is 5.56 Å². The van der Waals surface area contributed by atoms with E-state index < -0.39 is 5.60 Å². The fraction of sp³-hybridized carbons (Fsp3) is 0.500. The summed E-state index contributed by atoms with van der Waals surface area (Å²) >= 11 is 0. The third-order valence-corrected chi connectivity index (χ3v) is 4.60. The van der Waals surface area contributed by atoms with Gasteiger partial charge in [-0.25, -0.2) is 4.99 Å². The third-order valence-electron chi connectivity index (χ3n) is 4.60. The zero-order valence-corrected chi connectivity index (χ0v) is 17.6. The number of hydrogen-bond acceptors (Lipinski definition) is 4. The second-order valence-electron chi connectivity index (χ2n) is 7.17. The van der Waals surface area contributed by atoms with E-state index in [0.29, 0.717) is 5.96 Å². The van der Waals surface area contributed by atoms with Crippen LogP contribution >= 0.6 is 0 Å². The molecule has 0 aliphatic rings. The lowest BCUT2D eigenvalue weighted by Crippen LogP contribution is -2.39. The number of methoxy groups -OCH3 is 1. The first-order valence-corrected chi connectivity index (χ1v) is 9.80. The molecule has 0 radical (unpaired) electrons. The standard InChI is InChI=1S/C22H33N3O3/c1-6-23-21(24-13-7-8-18-9-11-19(27-5)12-10-18)25-15-22(4,26)20-14-16(2)28-17(20)3/h9-12,14,26H,6-8,13,15H2,1-5H3,(H2,23,24,25). The molecule has 0 saturated heterocycles. The molecule has 6 heteroatoms. The maximum absolute atomic E-state index is 10.8. The summed E-state index contributed by atoms with van der Waals surface area (Å²) < 4.78 is 10.7. The number of nitrogens with one attached hydrogen (secondary N) is 2. The minimum Gasteiger partial charge on any atom is -0.497 e. The Morgan fingerprint density at radius 3 is 2.50 bits per heavy atom. The van der Waals surface area contributed by atoms with Gasteiger partial charge in [-0.05, 0) is 64.3 Å². The van der Waals surface area contributed by atoms with E-state index in [0.717, 1.165) is 48.8 Å². The number of guanidine groups is 1. The fourth-order valence-electron chi connectivity index (χ4n) is 3.12. The maximum atomic E-state index is 10.8. The van der Waals surface area contributed by atoms with Gasteiger partial charge in [0.05, 0.1) is 13.7 Å². The summed E-state index contributed by atoms with van der Waals surface area (Å²) in [6.07, 6.45) is 1.95. The number of rotatable bonds is 9. The van der Waals surface area contributed by atoms with Crippen molar-refractivity contribution in [3.8, 4) is 5.75 Å². The zero-order valence-electron chi connectivity index (χ0n) is 17.6. The van der Waals surface area contributed by atoms with Crippen molar-refractivity contribution in [2.24, 2.45) is 4.99 Å². The van der Waals surface area contributed by atoms with Gasteiger partial charge < -0.3 is 24.9 Å². The lowest BCUT2D eigenvalue weighted by Gasteiger charge is -2.21. The van der Waals surface area contributed by atoms with Crippen LogP contribution in [-0.2, 0) is 12.0 Å². The van der Waals surface area contributed by atoms with E-state index in [2.05, 4.69) is 27.8 Å². The van der Waals surface area contributed by atoms with Crippen molar-refractivity contribution in [3.63, 3.8) is 0 Å². The number of aliphatic hydroxyl groups is 1. The van der Waals surface area contributed by atoms with Gasteiger partial charge in [-0.15, -0.1) is 0 Å². The molecule has 6 nitrogen and oxygen atoms in total. The average molecular weight is 388 g/mol. The number of aryl methyl sites for hydroxylation is 3. The van der Waals surface area contributed by atoms with E-state index in [1.807, 2.05) is 39.0 Å². The maximum Gasteiger partial charge on any atom is 0.191 e. The van der Waals surface area contributed by atoms with Crippen LogP contribution in [0.2, 0.25) is 0 Å². The molecule has 1 heterocycles. The van der Waals surface area contributed by atoms with Crippen LogP contribution in [0.3, 0.4) is 0 Å².